The van der Waals surface area contributed by atoms with E-state index in [1.165, 1.54) is 12.1 Å². The maximum atomic E-state index is 12.7. The molecular formula is C22H22F3N5O2. The molecule has 1 aliphatic rings. The smallest absolute Gasteiger partial charge is 0.351 e. The van der Waals surface area contributed by atoms with Crippen molar-refractivity contribution in [2.75, 3.05) is 36.4 Å². The van der Waals surface area contributed by atoms with Gasteiger partial charge in [-0.25, -0.2) is 4.98 Å². The van der Waals surface area contributed by atoms with E-state index in [2.05, 4.69) is 15.3 Å². The molecule has 1 atom stereocenters. The Morgan fingerprint density at radius 2 is 2.00 bits per heavy atom. The Bertz CT molecular complexity index is 1180. The van der Waals surface area contributed by atoms with E-state index < -0.39 is 11.7 Å². The second kappa shape index (κ2) is 8.62. The second-order valence-electron chi connectivity index (χ2n) is 7.85. The van der Waals surface area contributed by atoms with E-state index in [9.17, 15) is 22.8 Å². The molecule has 2 N–H and O–H groups in total. The minimum absolute atomic E-state index is 0.0155. The number of halogens is 3. The highest BCUT2D eigenvalue weighted by Gasteiger charge is 2.32. The lowest BCUT2D eigenvalue weighted by Crippen LogP contribution is -2.53. The Kier molecular flexibility index (Phi) is 5.88. The van der Waals surface area contributed by atoms with Crippen LogP contribution in [0.4, 0.5) is 24.7 Å². The van der Waals surface area contributed by atoms with Crippen LogP contribution < -0.4 is 15.8 Å². The number of hydrogen-bond donors (Lipinski definition) is 2. The summed E-state index contributed by atoms with van der Waals surface area (Å²) in [6.45, 7) is 3.86. The number of pyridine rings is 2. The van der Waals surface area contributed by atoms with E-state index in [1.807, 2.05) is 16.7 Å². The van der Waals surface area contributed by atoms with Gasteiger partial charge in [-0.3, -0.25) is 14.5 Å². The first kappa shape index (κ1) is 21.8. The minimum atomic E-state index is -4.41. The number of hydrogen-bond acceptors (Lipinski definition) is 5. The molecule has 1 saturated heterocycles. The van der Waals surface area contributed by atoms with Gasteiger partial charge < -0.3 is 15.2 Å². The molecule has 3 aromatic rings. The van der Waals surface area contributed by atoms with Gasteiger partial charge in [-0.1, -0.05) is 0 Å². The molecule has 0 radical (unpaired) electrons. The topological polar surface area (TPSA) is 81.3 Å². The van der Waals surface area contributed by atoms with Crippen LogP contribution in [-0.4, -0.2) is 53.0 Å². The molecule has 10 heteroatoms. The van der Waals surface area contributed by atoms with Crippen molar-refractivity contribution in [3.8, 4) is 0 Å². The average molecular weight is 445 g/mol. The van der Waals surface area contributed by atoms with Gasteiger partial charge in [0.2, 0.25) is 11.5 Å². The number of aromatic amines is 1. The third-order valence-electron chi connectivity index (χ3n) is 5.46. The second-order valence-corrected chi connectivity index (χ2v) is 7.85. The predicted octanol–water partition coefficient (Wildman–Crippen LogP) is 3.09. The van der Waals surface area contributed by atoms with Crippen molar-refractivity contribution in [1.82, 2.24) is 14.9 Å². The Labute approximate surface area is 181 Å². The summed E-state index contributed by atoms with van der Waals surface area (Å²) >= 11 is 0. The molecule has 0 bridgehead atoms. The lowest BCUT2D eigenvalue weighted by Gasteiger charge is -2.40. The summed E-state index contributed by atoms with van der Waals surface area (Å²) in [7, 11) is 0. The van der Waals surface area contributed by atoms with E-state index in [4.69, 9.17) is 0 Å². The van der Waals surface area contributed by atoms with Gasteiger partial charge in [0.15, 0.2) is 0 Å². The van der Waals surface area contributed by atoms with Crippen LogP contribution >= 0.6 is 0 Å². The van der Waals surface area contributed by atoms with E-state index in [0.717, 1.165) is 17.6 Å². The molecule has 32 heavy (non-hydrogen) atoms. The van der Waals surface area contributed by atoms with Crippen LogP contribution in [0.5, 0.6) is 0 Å². The third-order valence-corrected chi connectivity index (χ3v) is 5.46. The van der Waals surface area contributed by atoms with Crippen LogP contribution in [0.15, 0.2) is 53.5 Å². The van der Waals surface area contributed by atoms with Crippen LogP contribution in [0.3, 0.4) is 0 Å². The van der Waals surface area contributed by atoms with E-state index in [-0.39, 0.29) is 24.1 Å². The summed E-state index contributed by atoms with van der Waals surface area (Å²) in [4.78, 5) is 34.5. The summed E-state index contributed by atoms with van der Waals surface area (Å²) < 4.78 is 38.2. The Morgan fingerprint density at radius 1 is 1.19 bits per heavy atom. The van der Waals surface area contributed by atoms with Crippen LogP contribution in [0.25, 0.3) is 10.9 Å². The maximum Gasteiger partial charge on any atom is 0.417 e. The van der Waals surface area contributed by atoms with Crippen molar-refractivity contribution in [3.05, 3.63) is 64.6 Å². The van der Waals surface area contributed by atoms with Gasteiger partial charge in [-0.15, -0.1) is 0 Å². The molecule has 2 aromatic heterocycles. The van der Waals surface area contributed by atoms with E-state index >= 15 is 0 Å². The van der Waals surface area contributed by atoms with Gasteiger partial charge in [0.25, 0.3) is 0 Å². The predicted molar refractivity (Wildman–Crippen MR) is 116 cm³/mol. The summed E-state index contributed by atoms with van der Waals surface area (Å²) in [6.07, 6.45) is -3.56. The number of fused-ring (bicyclic) bond motifs is 1. The minimum Gasteiger partial charge on any atom is -0.351 e. The zero-order valence-corrected chi connectivity index (χ0v) is 17.3. The average Bonchev–Trinajstić information content (AvgIpc) is 2.73. The molecule has 1 aromatic carbocycles. The lowest BCUT2D eigenvalue weighted by molar-refractivity contribution is -0.137. The first-order valence-electron chi connectivity index (χ1n) is 10.1. The number of rotatable bonds is 4. The molecular weight excluding hydrogens is 423 g/mol. The van der Waals surface area contributed by atoms with Gasteiger partial charge in [-0.05, 0) is 43.3 Å². The summed E-state index contributed by atoms with van der Waals surface area (Å²) in [5.41, 5.74) is 0.366. The molecule has 0 spiro atoms. The molecule has 1 fully saturated rings. The SMILES string of the molecule is C[C@@H]1CN(CC(=O)Nc2ccc3[nH]c(=O)ccc3c2)CCN1c1ccc(C(F)(F)F)cn1. The number of benzene rings is 1. The van der Waals surface area contributed by atoms with Crippen molar-refractivity contribution >= 4 is 28.3 Å². The van der Waals surface area contributed by atoms with Crippen molar-refractivity contribution in [2.24, 2.45) is 0 Å². The molecule has 168 valence electrons. The number of H-pyrrole nitrogens is 1. The molecule has 1 aliphatic heterocycles. The van der Waals surface area contributed by atoms with E-state index in [1.54, 1.807) is 24.3 Å². The zero-order chi connectivity index (χ0) is 22.9. The highest BCUT2D eigenvalue weighted by Crippen LogP contribution is 2.30. The maximum absolute atomic E-state index is 12.7. The van der Waals surface area contributed by atoms with Crippen LogP contribution in [0, 0.1) is 0 Å². The first-order valence-corrected chi connectivity index (χ1v) is 10.1. The van der Waals surface area contributed by atoms with Crippen molar-refractivity contribution in [1.29, 1.82) is 0 Å². The number of piperazine rings is 1. The van der Waals surface area contributed by atoms with Gasteiger partial charge in [0.1, 0.15) is 5.82 Å². The number of nitrogens with zero attached hydrogens (tertiary/aromatic N) is 3. The summed E-state index contributed by atoms with van der Waals surface area (Å²) in [5.74, 6) is 0.325. The largest absolute Gasteiger partial charge is 0.417 e. The number of carbonyl (C=O) groups excluding carboxylic acids is 1. The molecule has 0 unspecified atom stereocenters. The summed E-state index contributed by atoms with van der Waals surface area (Å²) in [6, 6.07) is 10.8. The first-order chi connectivity index (χ1) is 15.2. The van der Waals surface area contributed by atoms with Crippen molar-refractivity contribution in [2.45, 2.75) is 19.1 Å². The number of amides is 1. The molecule has 4 rings (SSSR count). The highest BCUT2D eigenvalue weighted by atomic mass is 19.4. The van der Waals surface area contributed by atoms with Crippen LogP contribution in [-0.2, 0) is 11.0 Å². The molecule has 3 heterocycles. The number of carbonyl (C=O) groups is 1. The quantitative estimate of drug-likeness (QED) is 0.645. The zero-order valence-electron chi connectivity index (χ0n) is 17.3. The fourth-order valence-electron chi connectivity index (χ4n) is 3.88. The van der Waals surface area contributed by atoms with Gasteiger partial charge in [-0.2, -0.15) is 13.2 Å². The van der Waals surface area contributed by atoms with Crippen molar-refractivity contribution < 1.29 is 18.0 Å². The van der Waals surface area contributed by atoms with Gasteiger partial charge >= 0.3 is 6.18 Å². The Hall–Kier alpha value is -3.40. The molecule has 1 amide bonds. The van der Waals surface area contributed by atoms with Gasteiger partial charge in [0.05, 0.1) is 12.1 Å². The summed E-state index contributed by atoms with van der Waals surface area (Å²) in [5, 5.41) is 3.68. The van der Waals surface area contributed by atoms with Gasteiger partial charge in [0, 0.05) is 54.5 Å². The normalized spacial score (nSPS) is 17.5. The van der Waals surface area contributed by atoms with Crippen LogP contribution in [0.2, 0.25) is 0 Å². The third kappa shape index (κ3) is 4.91. The molecule has 7 nitrogen and oxygen atoms in total. The standard InChI is InChI=1S/C22H22F3N5O2/c1-14-12-29(8-9-30(14)19-6-3-16(11-26-19)22(23,24)25)13-21(32)27-17-4-5-18-15(10-17)2-7-20(31)28-18/h2-7,10-11,14H,8-9,12-13H2,1H3,(H,27,32)(H,28,31)/t14-/m1/s1. The number of nitrogens with one attached hydrogen (secondary N) is 2. The monoisotopic (exact) mass is 445 g/mol. The van der Waals surface area contributed by atoms with Crippen molar-refractivity contribution in [3.63, 3.8) is 0 Å². The highest BCUT2D eigenvalue weighted by molar-refractivity contribution is 5.94. The Balaban J connectivity index is 1.34. The molecule has 0 aliphatic carbocycles. The number of anilines is 2. The number of alkyl halides is 3. The Morgan fingerprint density at radius 3 is 2.69 bits per heavy atom. The fourth-order valence-corrected chi connectivity index (χ4v) is 3.88. The number of aromatic nitrogens is 2. The molecule has 0 saturated carbocycles. The fraction of sp³-hybridized carbons (Fsp3) is 0.318. The lowest BCUT2D eigenvalue weighted by atomic mass is 10.1. The van der Waals surface area contributed by atoms with Crippen LogP contribution in [0.1, 0.15) is 12.5 Å². The van der Waals surface area contributed by atoms with E-state index in [0.29, 0.717) is 36.7 Å².